The van der Waals surface area contributed by atoms with Crippen LogP contribution in [-0.4, -0.2) is 17.8 Å². The average Bonchev–Trinajstić information content (AvgIpc) is 2.19. The van der Waals surface area contributed by atoms with E-state index in [1.54, 1.807) is 0 Å². The molecular weight excluding hydrogens is 215 g/mol. The van der Waals surface area contributed by atoms with Crippen LogP contribution in [0.4, 0.5) is 9.18 Å². The molecule has 0 atom stereocenters. The highest BCUT2D eigenvalue weighted by molar-refractivity contribution is 6.19. The Kier molecular flexibility index (Phi) is 2.40. The van der Waals surface area contributed by atoms with Gasteiger partial charge in [0, 0.05) is 0 Å². The summed E-state index contributed by atoms with van der Waals surface area (Å²) in [6, 6.07) is 4.11. The van der Waals surface area contributed by atoms with E-state index in [0.717, 1.165) is 12.1 Å². The highest BCUT2D eigenvalue weighted by Gasteiger charge is 2.35. The number of halogens is 1. The van der Waals surface area contributed by atoms with Gasteiger partial charge in [-0.3, -0.25) is 20.2 Å². The number of rotatable bonds is 1. The maximum atomic E-state index is 12.7. The first-order valence-corrected chi connectivity index (χ1v) is 4.49. The molecule has 1 saturated heterocycles. The Hall–Kier alpha value is -2.24. The van der Waals surface area contributed by atoms with Gasteiger partial charge in [-0.15, -0.1) is 0 Å². The van der Waals surface area contributed by atoms with Crippen molar-refractivity contribution in [2.24, 2.45) is 0 Å². The first-order valence-electron chi connectivity index (χ1n) is 4.49. The Balaban J connectivity index is 2.32. The normalized spacial score (nSPS) is 16.9. The van der Waals surface area contributed by atoms with Crippen molar-refractivity contribution in [1.82, 2.24) is 10.6 Å². The van der Waals surface area contributed by atoms with Gasteiger partial charge in [0.25, 0.3) is 0 Å². The minimum atomic E-state index is -1.11. The molecule has 1 aromatic carbocycles. The van der Waals surface area contributed by atoms with Crippen molar-refractivity contribution < 1.29 is 18.8 Å². The van der Waals surface area contributed by atoms with E-state index < -0.39 is 29.6 Å². The Labute approximate surface area is 89.6 Å². The maximum Gasteiger partial charge on any atom is 0.328 e. The van der Waals surface area contributed by atoms with Crippen LogP contribution in [-0.2, 0) is 9.59 Å². The molecule has 0 spiro atoms. The highest BCUT2D eigenvalue weighted by Crippen LogP contribution is 2.18. The quantitative estimate of drug-likeness (QED) is 0.670. The third-order valence-corrected chi connectivity index (χ3v) is 2.20. The number of benzene rings is 1. The van der Waals surface area contributed by atoms with Gasteiger partial charge in [-0.1, -0.05) is 12.1 Å². The smallest absolute Gasteiger partial charge is 0.277 e. The van der Waals surface area contributed by atoms with Gasteiger partial charge in [-0.2, -0.15) is 0 Å². The van der Waals surface area contributed by atoms with Crippen molar-refractivity contribution >= 4 is 17.8 Å². The maximum absolute atomic E-state index is 12.7. The molecule has 0 aromatic heterocycles. The molecule has 2 rings (SSSR count). The molecule has 6 heteroatoms. The van der Waals surface area contributed by atoms with Crippen molar-refractivity contribution in [2.75, 3.05) is 0 Å². The van der Waals surface area contributed by atoms with Gasteiger partial charge in [0.15, 0.2) is 0 Å². The lowest BCUT2D eigenvalue weighted by molar-refractivity contribution is -0.132. The topological polar surface area (TPSA) is 75.3 Å². The summed E-state index contributed by atoms with van der Waals surface area (Å²) in [6.07, 6.45) is 0. The fourth-order valence-electron chi connectivity index (χ4n) is 1.48. The summed E-state index contributed by atoms with van der Waals surface area (Å²) >= 11 is 0. The van der Waals surface area contributed by atoms with Gasteiger partial charge in [-0.05, 0) is 17.7 Å². The molecule has 82 valence electrons. The molecule has 1 heterocycles. The summed E-state index contributed by atoms with van der Waals surface area (Å²) < 4.78 is 12.7. The molecule has 4 amide bonds. The second-order valence-corrected chi connectivity index (χ2v) is 3.29. The molecule has 0 radical (unpaired) electrons. The molecule has 2 N–H and O–H groups in total. The zero-order valence-electron chi connectivity index (χ0n) is 7.99. The third-order valence-electron chi connectivity index (χ3n) is 2.20. The van der Waals surface area contributed by atoms with Crippen LogP contribution < -0.4 is 10.6 Å². The van der Waals surface area contributed by atoms with Crippen LogP contribution in [0, 0.1) is 5.82 Å². The van der Waals surface area contributed by atoms with Crippen LogP contribution in [0.1, 0.15) is 11.5 Å². The second-order valence-electron chi connectivity index (χ2n) is 3.29. The molecule has 0 aliphatic carbocycles. The Morgan fingerprint density at radius 2 is 1.44 bits per heavy atom. The molecule has 0 saturated carbocycles. The first-order chi connectivity index (χ1) is 7.58. The summed E-state index contributed by atoms with van der Waals surface area (Å²) in [6.45, 7) is 0. The standard InChI is InChI=1S/C10H7FN2O3/c11-6-3-1-5(2-4-6)7-8(14)12-10(16)13-9(7)15/h1-4,7H,(H2,12,13,14,15,16). The minimum absolute atomic E-state index is 0.337. The molecular formula is C10H7FN2O3. The molecule has 5 nitrogen and oxygen atoms in total. The van der Waals surface area contributed by atoms with E-state index in [4.69, 9.17) is 0 Å². The summed E-state index contributed by atoms with van der Waals surface area (Å²) in [4.78, 5) is 33.6. The summed E-state index contributed by atoms with van der Waals surface area (Å²) in [5.74, 6) is -2.99. The predicted molar refractivity (Wildman–Crippen MR) is 50.8 cm³/mol. The van der Waals surface area contributed by atoms with E-state index in [0.29, 0.717) is 5.56 Å². The van der Waals surface area contributed by atoms with Crippen molar-refractivity contribution in [2.45, 2.75) is 5.92 Å². The van der Waals surface area contributed by atoms with E-state index in [2.05, 4.69) is 0 Å². The lowest BCUT2D eigenvalue weighted by atomic mass is 9.96. The predicted octanol–water partition coefficient (Wildman–Crippen LogP) is 0.275. The zero-order valence-corrected chi connectivity index (χ0v) is 7.99. The number of hydrogen-bond acceptors (Lipinski definition) is 3. The Morgan fingerprint density at radius 1 is 0.938 bits per heavy atom. The summed E-state index contributed by atoms with van der Waals surface area (Å²) in [7, 11) is 0. The SMILES string of the molecule is O=C1NC(=O)C(c2ccc(F)cc2)C(=O)N1. The van der Waals surface area contributed by atoms with Crippen LogP contribution >= 0.6 is 0 Å². The molecule has 1 aliphatic heterocycles. The van der Waals surface area contributed by atoms with Crippen molar-refractivity contribution in [1.29, 1.82) is 0 Å². The monoisotopic (exact) mass is 222 g/mol. The van der Waals surface area contributed by atoms with Crippen molar-refractivity contribution in [3.05, 3.63) is 35.6 Å². The number of nitrogens with one attached hydrogen (secondary N) is 2. The van der Waals surface area contributed by atoms with Crippen molar-refractivity contribution in [3.8, 4) is 0 Å². The molecule has 0 unspecified atom stereocenters. The summed E-state index contributed by atoms with van der Waals surface area (Å²) in [5.41, 5.74) is 0.337. The second kappa shape index (κ2) is 3.73. The first kappa shape index (κ1) is 10.3. The number of carbonyl (C=O) groups excluding carboxylic acids is 3. The molecule has 0 bridgehead atoms. The average molecular weight is 222 g/mol. The largest absolute Gasteiger partial charge is 0.328 e. The lowest BCUT2D eigenvalue weighted by Crippen LogP contribution is -2.54. The summed E-state index contributed by atoms with van der Waals surface area (Å²) in [5, 5.41) is 3.94. The molecule has 1 fully saturated rings. The number of urea groups is 1. The minimum Gasteiger partial charge on any atom is -0.277 e. The van der Waals surface area contributed by atoms with Gasteiger partial charge in [0.1, 0.15) is 11.7 Å². The molecule has 1 aliphatic rings. The van der Waals surface area contributed by atoms with Gasteiger partial charge in [-0.25, -0.2) is 9.18 Å². The van der Waals surface area contributed by atoms with Crippen LogP contribution in [0.15, 0.2) is 24.3 Å². The van der Waals surface area contributed by atoms with Gasteiger partial charge < -0.3 is 0 Å². The number of hydrogen-bond donors (Lipinski definition) is 2. The van der Waals surface area contributed by atoms with E-state index in [9.17, 15) is 18.8 Å². The van der Waals surface area contributed by atoms with Crippen LogP contribution in [0.25, 0.3) is 0 Å². The zero-order chi connectivity index (χ0) is 11.7. The van der Waals surface area contributed by atoms with Gasteiger partial charge in [0.05, 0.1) is 0 Å². The van der Waals surface area contributed by atoms with E-state index in [1.165, 1.54) is 12.1 Å². The van der Waals surface area contributed by atoms with Gasteiger partial charge >= 0.3 is 6.03 Å². The number of amides is 4. The molecule has 1 aromatic rings. The van der Waals surface area contributed by atoms with Crippen LogP contribution in [0.3, 0.4) is 0 Å². The number of carbonyl (C=O) groups is 3. The van der Waals surface area contributed by atoms with Crippen molar-refractivity contribution in [3.63, 3.8) is 0 Å². The highest BCUT2D eigenvalue weighted by atomic mass is 19.1. The number of barbiturate groups is 1. The fourth-order valence-corrected chi connectivity index (χ4v) is 1.48. The van der Waals surface area contributed by atoms with E-state index in [-0.39, 0.29) is 0 Å². The lowest BCUT2D eigenvalue weighted by Gasteiger charge is -2.20. The van der Waals surface area contributed by atoms with E-state index in [1.807, 2.05) is 10.6 Å². The third kappa shape index (κ3) is 1.77. The van der Waals surface area contributed by atoms with Crippen LogP contribution in [0.5, 0.6) is 0 Å². The fraction of sp³-hybridized carbons (Fsp3) is 0.100. The van der Waals surface area contributed by atoms with Gasteiger partial charge in [0.2, 0.25) is 11.8 Å². The van der Waals surface area contributed by atoms with E-state index >= 15 is 0 Å². The Bertz CT molecular complexity index is 449. The Morgan fingerprint density at radius 3 is 1.94 bits per heavy atom. The molecule has 16 heavy (non-hydrogen) atoms. The number of imide groups is 2. The van der Waals surface area contributed by atoms with Crippen LogP contribution in [0.2, 0.25) is 0 Å².